The summed E-state index contributed by atoms with van der Waals surface area (Å²) in [6, 6.07) is 15.1. The summed E-state index contributed by atoms with van der Waals surface area (Å²) < 4.78 is 12.7. The van der Waals surface area contributed by atoms with E-state index < -0.39 is 0 Å². The van der Waals surface area contributed by atoms with Crippen LogP contribution in [0.3, 0.4) is 0 Å². The number of methoxy groups -OCH3 is 1. The van der Waals surface area contributed by atoms with Crippen LogP contribution in [-0.4, -0.2) is 33.6 Å². The SMILES string of the molecule is COc1ccc(OCc2cn(CCNc3ccnc4cc(Cl)ccc34)nn2)cc1. The predicted octanol–water partition coefficient (Wildman–Crippen LogP) is 4.18. The van der Waals surface area contributed by atoms with E-state index in [0.717, 1.165) is 33.8 Å². The molecule has 148 valence electrons. The van der Waals surface area contributed by atoms with Crippen molar-refractivity contribution in [1.29, 1.82) is 0 Å². The van der Waals surface area contributed by atoms with Crippen molar-refractivity contribution in [3.63, 3.8) is 0 Å². The van der Waals surface area contributed by atoms with Crippen LogP contribution in [0.4, 0.5) is 5.69 Å². The van der Waals surface area contributed by atoms with Crippen LogP contribution in [0.15, 0.2) is 60.9 Å². The molecule has 0 bridgehead atoms. The number of nitrogens with zero attached hydrogens (tertiary/aromatic N) is 4. The van der Waals surface area contributed by atoms with Crippen molar-refractivity contribution in [3.8, 4) is 11.5 Å². The molecule has 0 fully saturated rings. The molecule has 0 amide bonds. The van der Waals surface area contributed by atoms with Crippen molar-refractivity contribution in [3.05, 3.63) is 71.6 Å². The van der Waals surface area contributed by atoms with Gasteiger partial charge >= 0.3 is 0 Å². The maximum atomic E-state index is 6.04. The fraction of sp³-hybridized carbons (Fsp3) is 0.190. The lowest BCUT2D eigenvalue weighted by atomic mass is 10.2. The van der Waals surface area contributed by atoms with Gasteiger partial charge in [-0.25, -0.2) is 0 Å². The van der Waals surface area contributed by atoms with E-state index in [9.17, 15) is 0 Å². The summed E-state index contributed by atoms with van der Waals surface area (Å²) in [5.74, 6) is 1.55. The minimum atomic E-state index is 0.357. The van der Waals surface area contributed by atoms with Gasteiger partial charge in [-0.1, -0.05) is 16.8 Å². The highest BCUT2D eigenvalue weighted by molar-refractivity contribution is 6.31. The standard InChI is InChI=1S/C21H20ClN5O2/c1-28-17-3-5-18(6-4-17)29-14-16-13-27(26-25-16)11-10-24-20-8-9-23-21-12-15(22)2-7-19(20)21/h2-9,12-13H,10-11,14H2,1H3,(H,23,24). The van der Waals surface area contributed by atoms with Gasteiger partial charge in [0.05, 0.1) is 25.4 Å². The molecule has 0 atom stereocenters. The van der Waals surface area contributed by atoms with Crippen molar-refractivity contribution in [2.24, 2.45) is 0 Å². The van der Waals surface area contributed by atoms with Gasteiger partial charge in [-0.15, -0.1) is 5.10 Å². The van der Waals surface area contributed by atoms with Gasteiger partial charge in [0.1, 0.15) is 23.8 Å². The molecule has 0 unspecified atom stereocenters. The molecule has 4 aromatic rings. The zero-order valence-electron chi connectivity index (χ0n) is 15.9. The Balaban J connectivity index is 1.30. The second kappa shape index (κ2) is 8.79. The topological polar surface area (TPSA) is 74.1 Å². The highest BCUT2D eigenvalue weighted by Gasteiger charge is 2.05. The average Bonchev–Trinajstić information content (AvgIpc) is 3.20. The number of benzene rings is 2. The lowest BCUT2D eigenvalue weighted by Gasteiger charge is -2.09. The number of pyridine rings is 1. The van der Waals surface area contributed by atoms with E-state index in [-0.39, 0.29) is 0 Å². The van der Waals surface area contributed by atoms with Gasteiger partial charge in [-0.3, -0.25) is 9.67 Å². The Morgan fingerprint density at radius 1 is 1.07 bits per heavy atom. The molecule has 7 nitrogen and oxygen atoms in total. The quantitative estimate of drug-likeness (QED) is 0.470. The maximum absolute atomic E-state index is 6.04. The van der Waals surface area contributed by atoms with E-state index in [4.69, 9.17) is 21.1 Å². The second-order valence-electron chi connectivity index (χ2n) is 6.38. The highest BCUT2D eigenvalue weighted by atomic mass is 35.5. The molecule has 0 radical (unpaired) electrons. The zero-order valence-corrected chi connectivity index (χ0v) is 16.6. The molecular formula is C21H20ClN5O2. The molecule has 2 aromatic carbocycles. The maximum Gasteiger partial charge on any atom is 0.134 e. The van der Waals surface area contributed by atoms with Crippen LogP contribution in [0.5, 0.6) is 11.5 Å². The fourth-order valence-electron chi connectivity index (χ4n) is 2.92. The molecule has 0 aliphatic rings. The molecule has 8 heteroatoms. The number of aromatic nitrogens is 4. The number of ether oxygens (including phenoxy) is 2. The monoisotopic (exact) mass is 409 g/mol. The van der Waals surface area contributed by atoms with Crippen molar-refractivity contribution >= 4 is 28.2 Å². The van der Waals surface area contributed by atoms with Gasteiger partial charge in [0, 0.05) is 28.8 Å². The number of anilines is 1. The Labute approximate surface area is 173 Å². The normalized spacial score (nSPS) is 10.8. The zero-order chi connectivity index (χ0) is 20.1. The van der Waals surface area contributed by atoms with Gasteiger partial charge < -0.3 is 14.8 Å². The van der Waals surface area contributed by atoms with E-state index in [1.807, 2.05) is 54.7 Å². The molecule has 0 spiro atoms. The molecule has 0 aliphatic carbocycles. The number of hydrogen-bond acceptors (Lipinski definition) is 6. The van der Waals surface area contributed by atoms with Crippen molar-refractivity contribution in [1.82, 2.24) is 20.0 Å². The van der Waals surface area contributed by atoms with Crippen LogP contribution < -0.4 is 14.8 Å². The summed E-state index contributed by atoms with van der Waals surface area (Å²) in [4.78, 5) is 4.35. The van der Waals surface area contributed by atoms with Crippen LogP contribution in [0.25, 0.3) is 10.9 Å². The molecule has 2 aromatic heterocycles. The van der Waals surface area contributed by atoms with Gasteiger partial charge in [0.15, 0.2) is 0 Å². The van der Waals surface area contributed by atoms with E-state index in [2.05, 4.69) is 20.6 Å². The lowest BCUT2D eigenvalue weighted by Crippen LogP contribution is -2.11. The van der Waals surface area contributed by atoms with Crippen LogP contribution in [0, 0.1) is 0 Å². The molecule has 0 saturated carbocycles. The molecule has 1 N–H and O–H groups in total. The Bertz CT molecular complexity index is 1100. The first-order valence-corrected chi connectivity index (χ1v) is 9.53. The average molecular weight is 410 g/mol. The smallest absolute Gasteiger partial charge is 0.134 e. The summed E-state index contributed by atoms with van der Waals surface area (Å²) in [5.41, 5.74) is 2.64. The summed E-state index contributed by atoms with van der Waals surface area (Å²) in [7, 11) is 1.63. The number of halogens is 1. The van der Waals surface area contributed by atoms with Crippen LogP contribution in [0.2, 0.25) is 5.02 Å². The van der Waals surface area contributed by atoms with Gasteiger partial charge in [0.25, 0.3) is 0 Å². The Morgan fingerprint density at radius 2 is 1.90 bits per heavy atom. The van der Waals surface area contributed by atoms with E-state index in [1.54, 1.807) is 18.0 Å². The number of nitrogens with one attached hydrogen (secondary N) is 1. The largest absolute Gasteiger partial charge is 0.497 e. The van der Waals surface area contributed by atoms with Crippen LogP contribution in [0.1, 0.15) is 5.69 Å². The minimum Gasteiger partial charge on any atom is -0.497 e. The molecular weight excluding hydrogens is 390 g/mol. The first-order valence-electron chi connectivity index (χ1n) is 9.15. The molecule has 2 heterocycles. The third-order valence-corrected chi connectivity index (χ3v) is 4.63. The van der Waals surface area contributed by atoms with E-state index in [1.165, 1.54) is 0 Å². The van der Waals surface area contributed by atoms with Crippen LogP contribution >= 0.6 is 11.6 Å². The van der Waals surface area contributed by atoms with E-state index >= 15 is 0 Å². The number of hydrogen-bond donors (Lipinski definition) is 1. The van der Waals surface area contributed by atoms with Gasteiger partial charge in [0.2, 0.25) is 0 Å². The van der Waals surface area contributed by atoms with Crippen molar-refractivity contribution in [2.45, 2.75) is 13.2 Å². The molecule has 4 rings (SSSR count). The number of rotatable bonds is 8. The summed E-state index contributed by atoms with van der Waals surface area (Å²) in [6.07, 6.45) is 3.65. The fourth-order valence-corrected chi connectivity index (χ4v) is 3.09. The predicted molar refractivity (Wildman–Crippen MR) is 113 cm³/mol. The second-order valence-corrected chi connectivity index (χ2v) is 6.82. The number of fused-ring (bicyclic) bond motifs is 1. The van der Waals surface area contributed by atoms with Crippen molar-refractivity contribution < 1.29 is 9.47 Å². The molecule has 0 saturated heterocycles. The Hall–Kier alpha value is -3.32. The summed E-state index contributed by atoms with van der Waals surface area (Å²) in [6.45, 7) is 1.73. The van der Waals surface area contributed by atoms with Crippen LogP contribution in [-0.2, 0) is 13.2 Å². The van der Waals surface area contributed by atoms with E-state index in [0.29, 0.717) is 24.7 Å². The first-order chi connectivity index (χ1) is 14.2. The summed E-state index contributed by atoms with van der Waals surface area (Å²) >= 11 is 6.04. The van der Waals surface area contributed by atoms with Gasteiger partial charge in [-0.05, 0) is 48.5 Å². The molecule has 0 aliphatic heterocycles. The lowest BCUT2D eigenvalue weighted by molar-refractivity contribution is 0.300. The highest BCUT2D eigenvalue weighted by Crippen LogP contribution is 2.24. The third kappa shape index (κ3) is 4.75. The van der Waals surface area contributed by atoms with Gasteiger partial charge in [-0.2, -0.15) is 0 Å². The Kier molecular flexibility index (Phi) is 5.76. The third-order valence-electron chi connectivity index (χ3n) is 4.39. The summed E-state index contributed by atoms with van der Waals surface area (Å²) in [5, 5.41) is 13.4. The Morgan fingerprint density at radius 3 is 2.72 bits per heavy atom. The van der Waals surface area contributed by atoms with Crippen molar-refractivity contribution in [2.75, 3.05) is 19.0 Å². The first kappa shape index (κ1) is 19.0. The molecule has 29 heavy (non-hydrogen) atoms. The minimum absolute atomic E-state index is 0.357.